The Morgan fingerprint density at radius 3 is 2.57 bits per heavy atom. The molecule has 3 aromatic carbocycles. The van der Waals surface area contributed by atoms with Gasteiger partial charge >= 0.3 is 0 Å². The molecule has 0 aliphatic rings. The summed E-state index contributed by atoms with van der Waals surface area (Å²) in [7, 11) is 2.11. The molecular formula is C25H18N3+. The van der Waals surface area contributed by atoms with Gasteiger partial charge in [-0.3, -0.25) is 0 Å². The zero-order valence-corrected chi connectivity index (χ0v) is 16.0. The van der Waals surface area contributed by atoms with E-state index in [4.69, 9.17) is 0 Å². The van der Waals surface area contributed by atoms with Gasteiger partial charge in [0, 0.05) is 16.8 Å². The molecule has 0 aliphatic carbocycles. The molecule has 0 bridgehead atoms. The summed E-state index contributed by atoms with van der Waals surface area (Å²) in [6, 6.07) is 19.7. The Bertz CT molecular complexity index is 1640. The largest absolute Gasteiger partial charge is 0.307 e. The van der Waals surface area contributed by atoms with Gasteiger partial charge in [0.15, 0.2) is 6.20 Å². The fraction of sp³-hybridized carbons (Fsp3) is 0.120. The number of hydrogen-bond donors (Lipinski definition) is 0. The molecule has 0 radical (unpaired) electrons. The third-order valence-corrected chi connectivity index (χ3v) is 6.09. The summed E-state index contributed by atoms with van der Waals surface area (Å²) in [5, 5.41) is 15.9. The van der Waals surface area contributed by atoms with Crippen LogP contribution in [0.3, 0.4) is 0 Å². The number of pyridine rings is 2. The molecule has 3 nitrogen and oxygen atoms in total. The molecule has 0 unspecified atom stereocenters. The molecule has 0 saturated heterocycles. The van der Waals surface area contributed by atoms with Crippen molar-refractivity contribution in [3.63, 3.8) is 0 Å². The van der Waals surface area contributed by atoms with Crippen molar-refractivity contribution < 1.29 is 4.57 Å². The molecule has 0 aliphatic heterocycles. The second-order valence-electron chi connectivity index (χ2n) is 7.83. The maximum atomic E-state index is 9.89. The Morgan fingerprint density at radius 2 is 1.75 bits per heavy atom. The van der Waals surface area contributed by atoms with Crippen molar-refractivity contribution in [2.24, 2.45) is 7.05 Å². The highest BCUT2D eigenvalue weighted by Gasteiger charge is 2.25. The summed E-state index contributed by atoms with van der Waals surface area (Å²) in [6.07, 6.45) is 2.14. The number of hydrogen-bond acceptors (Lipinski definition) is 1. The minimum atomic E-state index is 0.747. The van der Waals surface area contributed by atoms with Gasteiger partial charge < -0.3 is 4.40 Å². The van der Waals surface area contributed by atoms with Crippen LogP contribution in [0.5, 0.6) is 0 Å². The SMILES string of the molecule is Cc1cc2cc[n+](C)c3c4c(C)cc(C#N)c5c6ccccc6n(c(c1)c23)c54. The first-order chi connectivity index (χ1) is 13.6. The van der Waals surface area contributed by atoms with Gasteiger partial charge in [-0.1, -0.05) is 24.3 Å². The van der Waals surface area contributed by atoms with Crippen LogP contribution in [0.2, 0.25) is 0 Å². The predicted molar refractivity (Wildman–Crippen MR) is 114 cm³/mol. The molecule has 3 heteroatoms. The lowest BCUT2D eigenvalue weighted by molar-refractivity contribution is -0.643. The highest BCUT2D eigenvalue weighted by molar-refractivity contribution is 6.26. The van der Waals surface area contributed by atoms with Crippen molar-refractivity contribution in [2.45, 2.75) is 13.8 Å². The highest BCUT2D eigenvalue weighted by atomic mass is 15.0. The number of nitrogens with zero attached hydrogens (tertiary/aromatic N) is 3. The number of para-hydroxylation sites is 1. The van der Waals surface area contributed by atoms with Gasteiger partial charge in [-0.15, -0.1) is 0 Å². The first-order valence-electron chi connectivity index (χ1n) is 9.50. The quantitative estimate of drug-likeness (QED) is 0.205. The van der Waals surface area contributed by atoms with Crippen LogP contribution in [0.1, 0.15) is 16.7 Å². The molecule has 0 amide bonds. The molecule has 132 valence electrons. The number of aromatic nitrogens is 2. The summed E-state index contributed by atoms with van der Waals surface area (Å²) in [5.41, 5.74) is 7.87. The molecular weight excluding hydrogens is 342 g/mol. The lowest BCUT2D eigenvalue weighted by Crippen LogP contribution is -2.29. The van der Waals surface area contributed by atoms with Gasteiger partial charge in [0.1, 0.15) is 7.05 Å². The van der Waals surface area contributed by atoms with Crippen molar-refractivity contribution in [1.29, 1.82) is 5.26 Å². The van der Waals surface area contributed by atoms with Crippen LogP contribution in [-0.4, -0.2) is 4.40 Å². The summed E-state index contributed by atoms with van der Waals surface area (Å²) >= 11 is 0. The zero-order valence-electron chi connectivity index (χ0n) is 16.0. The van der Waals surface area contributed by atoms with Gasteiger partial charge in [0.25, 0.3) is 0 Å². The van der Waals surface area contributed by atoms with E-state index in [1.807, 2.05) is 6.07 Å². The molecule has 28 heavy (non-hydrogen) atoms. The van der Waals surface area contributed by atoms with E-state index in [1.165, 1.54) is 32.8 Å². The summed E-state index contributed by atoms with van der Waals surface area (Å²) in [4.78, 5) is 0. The van der Waals surface area contributed by atoms with E-state index in [0.717, 1.165) is 32.9 Å². The molecule has 0 N–H and O–H groups in total. The summed E-state index contributed by atoms with van der Waals surface area (Å²) in [5.74, 6) is 0. The van der Waals surface area contributed by atoms with Crippen LogP contribution in [0.25, 0.3) is 49.0 Å². The standard InChI is InChI=1S/C25H18N3/c1-14-10-16-8-9-27(3)24-21-15(2)12-17(13-26)22-18-6-4-5-7-19(18)28(25(21)22)20(11-14)23(16)24/h4-12H,1-3H3/q+1. The number of aryl methyl sites for hydroxylation is 3. The highest BCUT2D eigenvalue weighted by Crippen LogP contribution is 2.42. The zero-order chi connectivity index (χ0) is 19.2. The second-order valence-corrected chi connectivity index (χ2v) is 7.83. The van der Waals surface area contributed by atoms with Crippen LogP contribution in [-0.2, 0) is 7.05 Å². The van der Waals surface area contributed by atoms with Crippen molar-refractivity contribution in [1.82, 2.24) is 4.40 Å². The van der Waals surface area contributed by atoms with Crippen LogP contribution in [0.15, 0.2) is 54.7 Å². The van der Waals surface area contributed by atoms with E-state index < -0.39 is 0 Å². The predicted octanol–water partition coefficient (Wildman–Crippen LogP) is 5.30. The Labute approximate surface area is 162 Å². The van der Waals surface area contributed by atoms with Crippen molar-refractivity contribution >= 4 is 49.0 Å². The molecule has 0 saturated carbocycles. The van der Waals surface area contributed by atoms with Gasteiger partial charge in [0.05, 0.1) is 39.0 Å². The van der Waals surface area contributed by atoms with Crippen LogP contribution >= 0.6 is 0 Å². The lowest BCUT2D eigenvalue weighted by Gasteiger charge is -2.14. The Kier molecular flexibility index (Phi) is 2.75. The van der Waals surface area contributed by atoms with Crippen LogP contribution in [0.4, 0.5) is 0 Å². The summed E-state index contributed by atoms with van der Waals surface area (Å²) in [6.45, 7) is 4.27. The van der Waals surface area contributed by atoms with Crippen molar-refractivity contribution in [2.75, 3.05) is 0 Å². The molecule has 6 rings (SSSR count). The molecule has 6 aromatic rings. The molecule has 0 atom stereocenters. The topological polar surface area (TPSA) is 32.1 Å². The maximum Gasteiger partial charge on any atom is 0.224 e. The fourth-order valence-electron chi connectivity index (χ4n) is 5.04. The lowest BCUT2D eigenvalue weighted by atomic mass is 9.96. The van der Waals surface area contributed by atoms with Gasteiger partial charge in [-0.2, -0.15) is 5.26 Å². The van der Waals surface area contributed by atoms with Gasteiger partial charge in [-0.25, -0.2) is 4.57 Å². The number of rotatable bonds is 0. The van der Waals surface area contributed by atoms with E-state index in [9.17, 15) is 5.26 Å². The van der Waals surface area contributed by atoms with Crippen molar-refractivity contribution in [3.05, 3.63) is 71.4 Å². The Balaban J connectivity index is 2.17. The van der Waals surface area contributed by atoms with E-state index in [2.05, 4.69) is 84.6 Å². The van der Waals surface area contributed by atoms with Crippen molar-refractivity contribution in [3.8, 4) is 6.07 Å². The van der Waals surface area contributed by atoms with E-state index in [0.29, 0.717) is 0 Å². The second kappa shape index (κ2) is 4.99. The fourth-order valence-corrected chi connectivity index (χ4v) is 5.04. The average Bonchev–Trinajstić information content (AvgIpc) is 3.03. The monoisotopic (exact) mass is 360 g/mol. The first kappa shape index (κ1) is 15.4. The number of nitriles is 1. The van der Waals surface area contributed by atoms with Gasteiger partial charge in [0.2, 0.25) is 5.52 Å². The van der Waals surface area contributed by atoms with E-state index in [1.54, 1.807) is 0 Å². The minimum Gasteiger partial charge on any atom is -0.307 e. The normalized spacial score (nSPS) is 12.1. The molecule has 3 heterocycles. The number of fused-ring (bicyclic) bond motifs is 5. The Hall–Kier alpha value is -3.64. The van der Waals surface area contributed by atoms with E-state index >= 15 is 0 Å². The average molecular weight is 360 g/mol. The first-order valence-corrected chi connectivity index (χ1v) is 9.50. The molecule has 3 aromatic heterocycles. The smallest absolute Gasteiger partial charge is 0.224 e. The third kappa shape index (κ3) is 1.66. The maximum absolute atomic E-state index is 9.89. The van der Waals surface area contributed by atoms with Crippen LogP contribution < -0.4 is 4.57 Å². The van der Waals surface area contributed by atoms with Gasteiger partial charge in [-0.05, 0) is 48.6 Å². The van der Waals surface area contributed by atoms with E-state index in [-0.39, 0.29) is 0 Å². The molecule has 0 fully saturated rings. The third-order valence-electron chi connectivity index (χ3n) is 6.09. The Morgan fingerprint density at radius 1 is 0.929 bits per heavy atom. The summed E-state index contributed by atoms with van der Waals surface area (Å²) < 4.78 is 4.59. The number of benzene rings is 3. The molecule has 0 spiro atoms. The minimum absolute atomic E-state index is 0.747. The van der Waals surface area contributed by atoms with Crippen LogP contribution in [0, 0.1) is 25.2 Å².